The summed E-state index contributed by atoms with van der Waals surface area (Å²) in [6, 6.07) is 0. The molecule has 12 heavy (non-hydrogen) atoms. The number of nitrogens with two attached hydrogens (primary N) is 1. The molecule has 0 fully saturated rings. The van der Waals surface area contributed by atoms with Crippen molar-refractivity contribution in [1.82, 2.24) is 4.98 Å². The van der Waals surface area contributed by atoms with E-state index in [0.29, 0.717) is 0 Å². The van der Waals surface area contributed by atoms with Gasteiger partial charge in [-0.3, -0.25) is 10.1 Å². The van der Waals surface area contributed by atoms with Crippen LogP contribution < -0.4 is 5.73 Å². The van der Waals surface area contributed by atoms with Gasteiger partial charge in [-0.25, -0.2) is 4.98 Å². The summed E-state index contributed by atoms with van der Waals surface area (Å²) in [7, 11) is 0. The molecular formula is C5H3FIN3O2. The van der Waals surface area contributed by atoms with E-state index in [4.69, 9.17) is 5.73 Å². The summed E-state index contributed by atoms with van der Waals surface area (Å²) < 4.78 is 12.9. The Morgan fingerprint density at radius 1 is 1.75 bits per heavy atom. The number of nitrogen functional groups attached to an aromatic ring is 1. The third-order valence-electron chi connectivity index (χ3n) is 1.17. The van der Waals surface area contributed by atoms with E-state index >= 15 is 0 Å². The highest BCUT2D eigenvalue weighted by molar-refractivity contribution is 14.1. The van der Waals surface area contributed by atoms with Crippen LogP contribution in [0.2, 0.25) is 0 Å². The van der Waals surface area contributed by atoms with Crippen LogP contribution in [0.1, 0.15) is 0 Å². The van der Waals surface area contributed by atoms with Crippen LogP contribution >= 0.6 is 22.6 Å². The highest BCUT2D eigenvalue weighted by atomic mass is 127. The van der Waals surface area contributed by atoms with E-state index < -0.39 is 16.4 Å². The first-order chi connectivity index (χ1) is 5.54. The zero-order valence-electron chi connectivity index (χ0n) is 5.62. The van der Waals surface area contributed by atoms with Crippen molar-refractivity contribution in [2.24, 2.45) is 0 Å². The lowest BCUT2D eigenvalue weighted by molar-refractivity contribution is -0.387. The Kier molecular flexibility index (Phi) is 2.40. The molecule has 64 valence electrons. The summed E-state index contributed by atoms with van der Waals surface area (Å²) in [5, 5.41) is 10.2. The number of nitrogens with zero attached hydrogens (tertiary/aromatic N) is 2. The second-order valence-electron chi connectivity index (χ2n) is 1.91. The van der Waals surface area contributed by atoms with Gasteiger partial charge < -0.3 is 5.73 Å². The maximum Gasteiger partial charge on any atom is 0.324 e. The highest BCUT2D eigenvalue weighted by Gasteiger charge is 2.19. The summed E-state index contributed by atoms with van der Waals surface area (Å²) in [4.78, 5) is 12.8. The van der Waals surface area contributed by atoms with E-state index in [1.807, 2.05) is 0 Å². The van der Waals surface area contributed by atoms with Gasteiger partial charge in [0.2, 0.25) is 5.82 Å². The molecule has 0 amide bonds. The molecule has 0 aliphatic heterocycles. The van der Waals surface area contributed by atoms with E-state index in [1.165, 1.54) is 0 Å². The van der Waals surface area contributed by atoms with Crippen LogP contribution in [0.4, 0.5) is 15.9 Å². The zero-order chi connectivity index (χ0) is 9.30. The van der Waals surface area contributed by atoms with Crippen LogP contribution in [-0.2, 0) is 0 Å². The quantitative estimate of drug-likeness (QED) is 0.478. The molecule has 0 unspecified atom stereocenters. The minimum absolute atomic E-state index is 0.0261. The molecule has 0 spiro atoms. The molecule has 0 bridgehead atoms. The summed E-state index contributed by atoms with van der Waals surface area (Å²) in [5.74, 6) is -0.980. The fourth-order valence-electron chi connectivity index (χ4n) is 0.596. The Hall–Kier alpha value is -0.990. The van der Waals surface area contributed by atoms with Crippen molar-refractivity contribution < 1.29 is 9.31 Å². The molecule has 0 saturated carbocycles. The summed E-state index contributed by atoms with van der Waals surface area (Å²) in [6.45, 7) is 0. The van der Waals surface area contributed by atoms with E-state index in [1.54, 1.807) is 22.6 Å². The SMILES string of the molecule is Nc1ncc([N+](=O)[O-])c(F)c1I. The van der Waals surface area contributed by atoms with E-state index in [0.717, 1.165) is 6.20 Å². The van der Waals surface area contributed by atoms with Gasteiger partial charge in [0.1, 0.15) is 12.0 Å². The van der Waals surface area contributed by atoms with Gasteiger partial charge in [-0.15, -0.1) is 0 Å². The second kappa shape index (κ2) is 3.17. The van der Waals surface area contributed by atoms with Gasteiger partial charge in [0, 0.05) is 0 Å². The van der Waals surface area contributed by atoms with Gasteiger partial charge in [0.15, 0.2) is 0 Å². The molecule has 0 radical (unpaired) electrons. The number of hydrogen-bond acceptors (Lipinski definition) is 4. The number of pyridine rings is 1. The fraction of sp³-hybridized carbons (Fsp3) is 0. The summed E-state index contributed by atoms with van der Waals surface area (Å²) in [6.07, 6.45) is 0.798. The smallest absolute Gasteiger partial charge is 0.324 e. The molecule has 0 atom stereocenters. The lowest BCUT2D eigenvalue weighted by Gasteiger charge is -1.98. The molecule has 0 aliphatic carbocycles. The lowest BCUT2D eigenvalue weighted by Crippen LogP contribution is -2.01. The molecule has 2 N–H and O–H groups in total. The van der Waals surface area contributed by atoms with Crippen molar-refractivity contribution in [3.05, 3.63) is 25.7 Å². The normalized spacial score (nSPS) is 9.83. The van der Waals surface area contributed by atoms with Gasteiger partial charge >= 0.3 is 5.69 Å². The van der Waals surface area contributed by atoms with Crippen molar-refractivity contribution in [3.63, 3.8) is 0 Å². The molecule has 0 aromatic carbocycles. The van der Waals surface area contributed by atoms with E-state index in [-0.39, 0.29) is 9.39 Å². The monoisotopic (exact) mass is 283 g/mol. The molecule has 0 aliphatic rings. The Balaban J connectivity index is 3.36. The Morgan fingerprint density at radius 2 is 2.33 bits per heavy atom. The second-order valence-corrected chi connectivity index (χ2v) is 2.99. The van der Waals surface area contributed by atoms with E-state index in [2.05, 4.69) is 4.98 Å². The van der Waals surface area contributed by atoms with Crippen LogP contribution in [0.25, 0.3) is 0 Å². The maximum atomic E-state index is 12.9. The topological polar surface area (TPSA) is 82.0 Å². The van der Waals surface area contributed by atoms with Crippen LogP contribution in [0, 0.1) is 19.5 Å². The van der Waals surface area contributed by atoms with Gasteiger partial charge in [-0.2, -0.15) is 4.39 Å². The van der Waals surface area contributed by atoms with Crippen LogP contribution in [-0.4, -0.2) is 9.91 Å². The zero-order valence-corrected chi connectivity index (χ0v) is 7.78. The Bertz CT molecular complexity index is 344. The molecule has 0 saturated heterocycles. The van der Waals surface area contributed by atoms with Crippen molar-refractivity contribution in [1.29, 1.82) is 0 Å². The highest BCUT2D eigenvalue weighted by Crippen LogP contribution is 2.23. The summed E-state index contributed by atoms with van der Waals surface area (Å²) in [5.41, 5.74) is 4.55. The number of nitro groups is 1. The Morgan fingerprint density at radius 3 is 2.83 bits per heavy atom. The maximum absolute atomic E-state index is 12.9. The molecule has 1 heterocycles. The third kappa shape index (κ3) is 1.44. The van der Waals surface area contributed by atoms with Crippen molar-refractivity contribution in [3.8, 4) is 0 Å². The third-order valence-corrected chi connectivity index (χ3v) is 2.19. The first-order valence-electron chi connectivity index (χ1n) is 2.78. The minimum Gasteiger partial charge on any atom is -0.383 e. The molecular weight excluding hydrogens is 280 g/mol. The van der Waals surface area contributed by atoms with E-state index in [9.17, 15) is 14.5 Å². The lowest BCUT2D eigenvalue weighted by atomic mass is 10.4. The minimum atomic E-state index is -0.937. The van der Waals surface area contributed by atoms with Crippen molar-refractivity contribution in [2.45, 2.75) is 0 Å². The van der Waals surface area contributed by atoms with Crippen LogP contribution in [0.5, 0.6) is 0 Å². The number of hydrogen-bond donors (Lipinski definition) is 1. The summed E-state index contributed by atoms with van der Waals surface area (Å²) >= 11 is 1.56. The number of halogens is 2. The average Bonchev–Trinajstić information content (AvgIpc) is 2.00. The predicted molar refractivity (Wildman–Crippen MR) is 48.0 cm³/mol. The standard InChI is InChI=1S/C5H3FIN3O2/c6-3-2(10(11)12)1-9-5(8)4(3)7/h1H,(H2,8,9). The Labute approximate surface area is 80.1 Å². The largest absolute Gasteiger partial charge is 0.383 e. The molecule has 1 aromatic rings. The number of anilines is 1. The first kappa shape index (κ1) is 9.10. The van der Waals surface area contributed by atoms with Crippen molar-refractivity contribution in [2.75, 3.05) is 5.73 Å². The molecule has 1 aromatic heterocycles. The van der Waals surface area contributed by atoms with Crippen molar-refractivity contribution >= 4 is 34.1 Å². The van der Waals surface area contributed by atoms with Crippen LogP contribution in [0.3, 0.4) is 0 Å². The first-order valence-corrected chi connectivity index (χ1v) is 3.85. The fourth-order valence-corrected chi connectivity index (χ4v) is 1.01. The number of aromatic nitrogens is 1. The van der Waals surface area contributed by atoms with Gasteiger partial charge in [-0.05, 0) is 22.6 Å². The molecule has 1 rings (SSSR count). The van der Waals surface area contributed by atoms with Gasteiger partial charge in [0.25, 0.3) is 0 Å². The average molecular weight is 283 g/mol. The van der Waals surface area contributed by atoms with Crippen LogP contribution in [0.15, 0.2) is 6.20 Å². The molecule has 5 nitrogen and oxygen atoms in total. The predicted octanol–water partition coefficient (Wildman–Crippen LogP) is 1.32. The van der Waals surface area contributed by atoms with Gasteiger partial charge in [0.05, 0.1) is 8.49 Å². The molecule has 7 heteroatoms. The van der Waals surface area contributed by atoms with Gasteiger partial charge in [-0.1, -0.05) is 0 Å². The number of rotatable bonds is 1.